The smallest absolute Gasteiger partial charge is 0.219 e. The minimum atomic E-state index is -0.141. The second kappa shape index (κ2) is 9.56. The van der Waals surface area contributed by atoms with E-state index < -0.39 is 0 Å². The molecule has 2 aliphatic heterocycles. The van der Waals surface area contributed by atoms with Crippen LogP contribution in [-0.2, 0) is 4.79 Å². The first-order chi connectivity index (χ1) is 16.9. The number of amides is 1. The van der Waals surface area contributed by atoms with Gasteiger partial charge in [0.25, 0.3) is 0 Å². The number of pyridine rings is 1. The topological polar surface area (TPSA) is 101 Å². The monoisotopic (exact) mass is 474 g/mol. The third-order valence-electron chi connectivity index (χ3n) is 7.25. The summed E-state index contributed by atoms with van der Waals surface area (Å²) in [6, 6.07) is 12.5. The summed E-state index contributed by atoms with van der Waals surface area (Å²) in [6.07, 6.45) is 4.16. The highest BCUT2D eigenvalue weighted by Gasteiger charge is 2.29. The van der Waals surface area contributed by atoms with E-state index >= 15 is 0 Å². The van der Waals surface area contributed by atoms with Gasteiger partial charge >= 0.3 is 0 Å². The molecule has 182 valence electrons. The molecule has 4 heterocycles. The highest BCUT2D eigenvalue weighted by molar-refractivity contribution is 5.76. The summed E-state index contributed by atoms with van der Waals surface area (Å²) in [5.41, 5.74) is 4.18. The molecule has 1 amide bonds. The lowest BCUT2D eigenvalue weighted by atomic mass is 10.0. The maximum Gasteiger partial charge on any atom is 0.219 e. The van der Waals surface area contributed by atoms with Gasteiger partial charge in [-0.3, -0.25) is 4.79 Å². The quantitative estimate of drug-likeness (QED) is 0.565. The molecule has 1 aromatic carbocycles. The SMILES string of the molecule is CC(=O)N1CCN(c2ccc(-c3cc(O[C@H](C)C4CC[NH+]([O-])C4)c4c(C#N)cnn4c3)cc2)CC1. The lowest BCUT2D eigenvalue weighted by Crippen LogP contribution is -3.05. The van der Waals surface area contributed by atoms with E-state index in [2.05, 4.69) is 40.3 Å². The number of carbonyl (C=O) groups excluding carboxylic acids is 1. The first-order valence-electron chi connectivity index (χ1n) is 12.1. The van der Waals surface area contributed by atoms with Gasteiger partial charge in [0, 0.05) is 57.0 Å². The zero-order chi connectivity index (χ0) is 24.5. The lowest BCUT2D eigenvalue weighted by molar-refractivity contribution is -0.835. The summed E-state index contributed by atoms with van der Waals surface area (Å²) in [5.74, 6) is 0.913. The van der Waals surface area contributed by atoms with Crippen LogP contribution in [0.25, 0.3) is 16.6 Å². The molecule has 0 radical (unpaired) electrons. The van der Waals surface area contributed by atoms with Crippen LogP contribution in [0.5, 0.6) is 5.75 Å². The zero-order valence-electron chi connectivity index (χ0n) is 20.1. The number of nitrogens with one attached hydrogen (secondary N) is 1. The van der Waals surface area contributed by atoms with Crippen LogP contribution in [-0.4, -0.2) is 65.8 Å². The van der Waals surface area contributed by atoms with Crippen LogP contribution in [0.3, 0.4) is 0 Å². The van der Waals surface area contributed by atoms with E-state index in [-0.39, 0.29) is 23.0 Å². The lowest BCUT2D eigenvalue weighted by Gasteiger charge is -2.35. The molecule has 2 aliphatic rings. The number of anilines is 1. The number of ether oxygens (including phenoxy) is 1. The number of hydroxylamine groups is 2. The van der Waals surface area contributed by atoms with Gasteiger partial charge < -0.3 is 24.8 Å². The van der Waals surface area contributed by atoms with Crippen molar-refractivity contribution >= 4 is 17.1 Å². The number of piperazine rings is 1. The molecule has 3 atom stereocenters. The van der Waals surface area contributed by atoms with E-state index in [4.69, 9.17) is 4.74 Å². The number of hydrogen-bond acceptors (Lipinski definition) is 6. The number of benzene rings is 1. The summed E-state index contributed by atoms with van der Waals surface area (Å²) in [5, 5.41) is 26.0. The summed E-state index contributed by atoms with van der Waals surface area (Å²) in [6.45, 7) is 7.87. The van der Waals surface area contributed by atoms with Crippen molar-refractivity contribution < 1.29 is 14.6 Å². The third kappa shape index (κ3) is 4.67. The predicted octanol–water partition coefficient (Wildman–Crippen LogP) is 1.71. The van der Waals surface area contributed by atoms with Crippen molar-refractivity contribution in [2.75, 3.05) is 44.2 Å². The zero-order valence-corrected chi connectivity index (χ0v) is 20.1. The Morgan fingerprint density at radius 3 is 2.60 bits per heavy atom. The molecule has 2 fully saturated rings. The number of nitriles is 1. The molecule has 9 nitrogen and oxygen atoms in total. The molecule has 0 saturated carbocycles. The van der Waals surface area contributed by atoms with Crippen LogP contribution in [0.15, 0.2) is 42.7 Å². The molecule has 5 rings (SSSR count). The van der Waals surface area contributed by atoms with Gasteiger partial charge in [0.2, 0.25) is 5.91 Å². The third-order valence-corrected chi connectivity index (χ3v) is 7.25. The van der Waals surface area contributed by atoms with Crippen molar-refractivity contribution in [3.63, 3.8) is 0 Å². The molecule has 1 N–H and O–H groups in total. The Balaban J connectivity index is 1.40. The van der Waals surface area contributed by atoms with E-state index in [0.717, 1.165) is 49.4 Å². The van der Waals surface area contributed by atoms with E-state index in [1.54, 1.807) is 17.6 Å². The fourth-order valence-electron chi connectivity index (χ4n) is 5.10. The van der Waals surface area contributed by atoms with Crippen molar-refractivity contribution in [3.05, 3.63) is 53.5 Å². The molecule has 3 aromatic rings. The van der Waals surface area contributed by atoms with E-state index in [1.807, 2.05) is 24.1 Å². The van der Waals surface area contributed by atoms with Gasteiger partial charge in [-0.2, -0.15) is 10.4 Å². The molecule has 2 unspecified atom stereocenters. The first kappa shape index (κ1) is 23.1. The molecule has 9 heteroatoms. The number of hydrogen-bond donors (Lipinski definition) is 1. The number of aromatic nitrogens is 2. The first-order valence-corrected chi connectivity index (χ1v) is 12.1. The van der Waals surface area contributed by atoms with E-state index in [0.29, 0.717) is 29.9 Å². The summed E-state index contributed by atoms with van der Waals surface area (Å²) >= 11 is 0. The molecule has 0 aliphatic carbocycles. The van der Waals surface area contributed by atoms with E-state index in [9.17, 15) is 15.3 Å². The van der Waals surface area contributed by atoms with Crippen molar-refractivity contribution in [2.24, 2.45) is 5.92 Å². The van der Waals surface area contributed by atoms with Gasteiger partial charge in [-0.25, -0.2) is 4.52 Å². The molecule has 0 bridgehead atoms. The van der Waals surface area contributed by atoms with Crippen LogP contribution < -0.4 is 14.7 Å². The number of fused-ring (bicyclic) bond motifs is 1. The van der Waals surface area contributed by atoms with Gasteiger partial charge in [-0.1, -0.05) is 12.1 Å². The Kier molecular flexibility index (Phi) is 6.32. The maximum absolute atomic E-state index is 11.8. The summed E-state index contributed by atoms with van der Waals surface area (Å²) in [7, 11) is 0. The number of nitrogens with zero attached hydrogens (tertiary/aromatic N) is 5. The average Bonchev–Trinajstić information content (AvgIpc) is 3.50. The van der Waals surface area contributed by atoms with E-state index in [1.165, 1.54) is 0 Å². The number of quaternary nitrogens is 1. The van der Waals surface area contributed by atoms with Gasteiger partial charge in [0.15, 0.2) is 0 Å². The van der Waals surface area contributed by atoms with Crippen LogP contribution >= 0.6 is 0 Å². The van der Waals surface area contributed by atoms with Crippen LogP contribution in [0.2, 0.25) is 0 Å². The van der Waals surface area contributed by atoms with Crippen molar-refractivity contribution in [2.45, 2.75) is 26.4 Å². The van der Waals surface area contributed by atoms with Crippen molar-refractivity contribution in [1.29, 1.82) is 5.26 Å². The number of carbonyl (C=O) groups is 1. The van der Waals surface area contributed by atoms with Crippen molar-refractivity contribution in [3.8, 4) is 22.9 Å². The largest absolute Gasteiger partial charge is 0.634 e. The van der Waals surface area contributed by atoms with Crippen LogP contribution in [0.1, 0.15) is 25.8 Å². The second-order valence-corrected chi connectivity index (χ2v) is 9.46. The molecule has 35 heavy (non-hydrogen) atoms. The van der Waals surface area contributed by atoms with Crippen LogP contribution in [0.4, 0.5) is 5.69 Å². The molecule has 0 spiro atoms. The molecule has 2 aromatic heterocycles. The minimum Gasteiger partial charge on any atom is -0.634 e. The summed E-state index contributed by atoms with van der Waals surface area (Å²) < 4.78 is 8.07. The maximum atomic E-state index is 11.8. The van der Waals surface area contributed by atoms with Gasteiger partial charge in [0.05, 0.1) is 25.2 Å². The van der Waals surface area contributed by atoms with Crippen molar-refractivity contribution in [1.82, 2.24) is 14.5 Å². The number of rotatable bonds is 5. The normalized spacial score (nSPS) is 21.2. The average molecular weight is 475 g/mol. The Hall–Kier alpha value is -3.61. The molecular weight excluding hydrogens is 444 g/mol. The molecular formula is C26H30N6O3. The minimum absolute atomic E-state index is 0.125. The Bertz CT molecular complexity index is 1260. The highest BCUT2D eigenvalue weighted by Crippen LogP contribution is 2.32. The molecule has 2 saturated heterocycles. The predicted molar refractivity (Wildman–Crippen MR) is 132 cm³/mol. The van der Waals surface area contributed by atoms with Gasteiger partial charge in [0.1, 0.15) is 29.0 Å². The Morgan fingerprint density at radius 1 is 1.23 bits per heavy atom. The summed E-state index contributed by atoms with van der Waals surface area (Å²) in [4.78, 5) is 15.8. The van der Waals surface area contributed by atoms with Crippen LogP contribution in [0, 0.1) is 22.5 Å². The Morgan fingerprint density at radius 2 is 1.97 bits per heavy atom. The highest BCUT2D eigenvalue weighted by atomic mass is 16.5. The van der Waals surface area contributed by atoms with Gasteiger partial charge in [-0.05, 0) is 30.7 Å². The Labute approximate surface area is 204 Å². The standard InChI is InChI=1S/C26H30N6O3/c1-18(21-7-8-31(34)16-21)35-25-13-22(17-32-26(25)23(14-27)15-28-32)20-3-5-24(6-4-20)30-11-9-29(10-12-30)19(2)33/h3-6,13,15,17-18,21,31H,7-12,16H2,1-2H3/t18-,21?/m1/s1. The van der Waals surface area contributed by atoms with Gasteiger partial charge in [-0.15, -0.1) is 0 Å². The fraction of sp³-hybridized carbons (Fsp3) is 0.423. The second-order valence-electron chi connectivity index (χ2n) is 9.46. The fourth-order valence-corrected chi connectivity index (χ4v) is 5.10.